The highest BCUT2D eigenvalue weighted by atomic mass is 32.2. The lowest BCUT2D eigenvalue weighted by atomic mass is 10.0. The maximum Gasteiger partial charge on any atom is 0.416 e. The zero-order chi connectivity index (χ0) is 22.9. The Hall–Kier alpha value is -2.14. The van der Waals surface area contributed by atoms with Crippen LogP contribution in [0.5, 0.6) is 0 Å². The first-order valence-electron chi connectivity index (χ1n) is 9.42. The second-order valence-corrected chi connectivity index (χ2v) is 8.76. The van der Waals surface area contributed by atoms with Crippen LogP contribution < -0.4 is 10.0 Å². The van der Waals surface area contributed by atoms with Crippen molar-refractivity contribution in [3.63, 3.8) is 0 Å². The number of hydrogen-bond acceptors (Lipinski definition) is 5. The molecule has 0 fully saturated rings. The number of carbonyl (C=O) groups excluding carboxylic acids is 2. The van der Waals surface area contributed by atoms with Crippen LogP contribution in [0.3, 0.4) is 0 Å². The van der Waals surface area contributed by atoms with E-state index >= 15 is 0 Å². The first kappa shape index (κ1) is 25.9. The summed E-state index contributed by atoms with van der Waals surface area (Å²) in [6.45, 7) is 3.51. The molecule has 0 saturated carbocycles. The molecular formula is C19H27F3N2O5S. The van der Waals surface area contributed by atoms with E-state index in [2.05, 4.69) is 14.8 Å². The molecule has 0 unspecified atom stereocenters. The Morgan fingerprint density at radius 3 is 2.37 bits per heavy atom. The summed E-state index contributed by atoms with van der Waals surface area (Å²) < 4.78 is 70.4. The molecule has 0 spiro atoms. The van der Waals surface area contributed by atoms with Gasteiger partial charge in [0.05, 0.1) is 17.6 Å². The third-order valence-corrected chi connectivity index (χ3v) is 5.73. The van der Waals surface area contributed by atoms with E-state index in [9.17, 15) is 31.2 Å². The zero-order valence-electron chi connectivity index (χ0n) is 17.1. The van der Waals surface area contributed by atoms with Gasteiger partial charge in [0.25, 0.3) is 0 Å². The summed E-state index contributed by atoms with van der Waals surface area (Å²) in [4.78, 5) is 22.9. The average molecular weight is 452 g/mol. The number of ether oxygens (including phenoxy) is 1. The Kier molecular flexibility index (Phi) is 9.76. The summed E-state index contributed by atoms with van der Waals surface area (Å²) in [6, 6.07) is 2.18. The molecule has 2 N–H and O–H groups in total. The van der Waals surface area contributed by atoms with Crippen molar-refractivity contribution in [1.82, 2.24) is 10.0 Å². The molecule has 1 aromatic rings. The maximum atomic E-state index is 12.9. The van der Waals surface area contributed by atoms with Gasteiger partial charge in [-0.2, -0.15) is 17.9 Å². The number of benzene rings is 1. The molecule has 0 saturated heterocycles. The first-order valence-corrected chi connectivity index (χ1v) is 10.9. The molecule has 30 heavy (non-hydrogen) atoms. The molecule has 1 aromatic carbocycles. The number of halogens is 3. The fraction of sp³-hybridized carbons (Fsp3) is 0.579. The molecule has 1 rings (SSSR count). The topological polar surface area (TPSA) is 102 Å². The molecule has 7 nitrogen and oxygen atoms in total. The highest BCUT2D eigenvalue weighted by Gasteiger charge is 2.33. The zero-order valence-corrected chi connectivity index (χ0v) is 17.9. The number of rotatable bonds is 11. The summed E-state index contributed by atoms with van der Waals surface area (Å²) in [7, 11) is -3.05. The molecule has 170 valence electrons. The molecular weight excluding hydrogens is 425 g/mol. The molecule has 0 radical (unpaired) electrons. The number of methoxy groups -OCH3 is 1. The van der Waals surface area contributed by atoms with Crippen LogP contribution in [0.15, 0.2) is 29.2 Å². The van der Waals surface area contributed by atoms with Gasteiger partial charge in [-0.05, 0) is 37.0 Å². The summed E-state index contributed by atoms with van der Waals surface area (Å²) in [6.07, 6.45) is -2.58. The van der Waals surface area contributed by atoms with E-state index in [4.69, 9.17) is 0 Å². The minimum atomic E-state index is -4.69. The van der Waals surface area contributed by atoms with Crippen molar-refractivity contribution in [3.05, 3.63) is 29.8 Å². The Morgan fingerprint density at radius 1 is 1.13 bits per heavy atom. The van der Waals surface area contributed by atoms with E-state index in [-0.39, 0.29) is 18.9 Å². The van der Waals surface area contributed by atoms with Crippen LogP contribution in [0.4, 0.5) is 13.2 Å². The number of nitrogens with one attached hydrogen (secondary N) is 2. The van der Waals surface area contributed by atoms with Crippen LogP contribution in [0.1, 0.15) is 45.1 Å². The van der Waals surface area contributed by atoms with Gasteiger partial charge in [0.15, 0.2) is 0 Å². The van der Waals surface area contributed by atoms with E-state index in [1.165, 1.54) is 7.11 Å². The van der Waals surface area contributed by atoms with Gasteiger partial charge in [-0.1, -0.05) is 26.3 Å². The van der Waals surface area contributed by atoms with E-state index in [0.29, 0.717) is 25.3 Å². The molecule has 1 amide bonds. The smallest absolute Gasteiger partial charge is 0.416 e. The van der Waals surface area contributed by atoms with E-state index in [1.54, 1.807) is 13.8 Å². The van der Waals surface area contributed by atoms with Gasteiger partial charge in [-0.25, -0.2) is 8.42 Å². The molecule has 0 heterocycles. The van der Waals surface area contributed by atoms with Gasteiger partial charge in [-0.15, -0.1) is 0 Å². The number of esters is 1. The highest BCUT2D eigenvalue weighted by Crippen LogP contribution is 2.30. The predicted octanol–water partition coefficient (Wildman–Crippen LogP) is 2.86. The van der Waals surface area contributed by atoms with E-state index < -0.39 is 44.5 Å². The Bertz CT molecular complexity index is 826. The molecule has 0 aliphatic rings. The fourth-order valence-corrected chi connectivity index (χ4v) is 3.95. The van der Waals surface area contributed by atoms with Gasteiger partial charge in [-0.3, -0.25) is 9.59 Å². The normalized spacial score (nSPS) is 13.2. The molecule has 11 heteroatoms. The molecule has 0 aliphatic heterocycles. The number of sulfonamides is 1. The third kappa shape index (κ3) is 8.31. The fourth-order valence-electron chi connectivity index (χ4n) is 2.56. The average Bonchev–Trinajstić information content (AvgIpc) is 2.67. The van der Waals surface area contributed by atoms with Gasteiger partial charge >= 0.3 is 12.1 Å². The molecule has 0 aliphatic carbocycles. The van der Waals surface area contributed by atoms with Crippen molar-refractivity contribution in [2.75, 3.05) is 13.7 Å². The van der Waals surface area contributed by atoms with Crippen molar-refractivity contribution in [3.8, 4) is 0 Å². The summed E-state index contributed by atoms with van der Waals surface area (Å²) in [5.41, 5.74) is -1.09. The van der Waals surface area contributed by atoms with E-state index in [1.807, 2.05) is 0 Å². The second-order valence-electron chi connectivity index (χ2n) is 7.05. The third-order valence-electron chi connectivity index (χ3n) is 4.29. The number of carbonyl (C=O) groups is 2. The van der Waals surface area contributed by atoms with Crippen molar-refractivity contribution < 1.29 is 35.9 Å². The largest absolute Gasteiger partial charge is 0.469 e. The molecule has 0 bridgehead atoms. The Morgan fingerprint density at radius 2 is 1.80 bits per heavy atom. The first-order chi connectivity index (χ1) is 13.9. The number of hydrogen-bond donors (Lipinski definition) is 2. The lowest BCUT2D eigenvalue weighted by molar-refractivity contribution is -0.141. The van der Waals surface area contributed by atoms with Crippen molar-refractivity contribution in [2.45, 2.75) is 56.6 Å². The summed E-state index contributed by atoms with van der Waals surface area (Å²) in [5.74, 6) is -1.33. The minimum Gasteiger partial charge on any atom is -0.469 e. The number of amides is 1. The maximum absolute atomic E-state index is 12.9. The van der Waals surface area contributed by atoms with E-state index in [0.717, 1.165) is 18.2 Å². The minimum absolute atomic E-state index is 0.272. The van der Waals surface area contributed by atoms with Crippen molar-refractivity contribution >= 4 is 21.9 Å². The van der Waals surface area contributed by atoms with Crippen molar-refractivity contribution in [2.24, 2.45) is 5.92 Å². The summed E-state index contributed by atoms with van der Waals surface area (Å²) >= 11 is 0. The monoisotopic (exact) mass is 452 g/mol. The van der Waals surface area contributed by atoms with Gasteiger partial charge in [0.2, 0.25) is 15.9 Å². The lowest BCUT2D eigenvalue weighted by Crippen LogP contribution is -2.49. The number of unbranched alkanes of at least 4 members (excludes halogenated alkanes) is 2. The Labute approximate surface area is 174 Å². The quantitative estimate of drug-likeness (QED) is 0.397. The standard InChI is InChI=1S/C19H27F3N2O5S/c1-13(2)17(18(26)23-11-6-4-5-10-16(25)29-3)24-30(27,28)15-9-7-8-14(12-15)19(20,21)22/h7-9,12-13,17,24H,4-6,10-11H2,1-3H3,(H,23,26)/t17-/m1/s1. The number of alkyl halides is 3. The van der Waals surface area contributed by atoms with Crippen LogP contribution in [0.25, 0.3) is 0 Å². The van der Waals surface area contributed by atoms with Crippen LogP contribution >= 0.6 is 0 Å². The Balaban J connectivity index is 2.72. The second kappa shape index (κ2) is 11.3. The molecule has 0 aromatic heterocycles. The van der Waals surface area contributed by atoms with Crippen LogP contribution in [0, 0.1) is 5.92 Å². The van der Waals surface area contributed by atoms with Crippen LogP contribution in [-0.4, -0.2) is 40.0 Å². The predicted molar refractivity (Wildman–Crippen MR) is 104 cm³/mol. The molecule has 1 atom stereocenters. The van der Waals surface area contributed by atoms with Gasteiger partial charge in [0.1, 0.15) is 6.04 Å². The SMILES string of the molecule is COC(=O)CCCCCNC(=O)[C@H](NS(=O)(=O)c1cccc(C(F)(F)F)c1)C(C)C. The van der Waals surface area contributed by atoms with Crippen LogP contribution in [-0.2, 0) is 30.5 Å². The lowest BCUT2D eigenvalue weighted by Gasteiger charge is -2.22. The summed E-state index contributed by atoms with van der Waals surface area (Å²) in [5, 5.41) is 2.61. The van der Waals surface area contributed by atoms with Crippen molar-refractivity contribution in [1.29, 1.82) is 0 Å². The van der Waals surface area contributed by atoms with Gasteiger partial charge in [0, 0.05) is 13.0 Å². The van der Waals surface area contributed by atoms with Gasteiger partial charge < -0.3 is 10.1 Å². The van der Waals surface area contributed by atoms with Crippen LogP contribution in [0.2, 0.25) is 0 Å². The highest BCUT2D eigenvalue weighted by molar-refractivity contribution is 7.89.